The van der Waals surface area contributed by atoms with Gasteiger partial charge in [0, 0.05) is 0 Å². The fraction of sp³-hybridized carbons (Fsp3) is 0.333. The highest BCUT2D eigenvalue weighted by Crippen LogP contribution is 2.51. The Morgan fingerprint density at radius 3 is 2.20 bits per heavy atom. The summed E-state index contributed by atoms with van der Waals surface area (Å²) in [6.45, 7) is -0.761. The van der Waals surface area contributed by atoms with Crippen molar-refractivity contribution in [1.82, 2.24) is 0 Å². The lowest BCUT2D eigenvalue weighted by molar-refractivity contribution is -0.0871. The minimum atomic E-state index is -0.436. The zero-order chi connectivity index (χ0) is 11.0. The van der Waals surface area contributed by atoms with E-state index in [9.17, 15) is 5.11 Å². The van der Waals surface area contributed by atoms with Gasteiger partial charge < -0.3 is 20.1 Å². The molecule has 1 aliphatic heterocycles. The van der Waals surface area contributed by atoms with Crippen molar-refractivity contribution in [3.8, 4) is 23.0 Å². The van der Waals surface area contributed by atoms with Gasteiger partial charge in [-0.3, -0.25) is 9.78 Å². The summed E-state index contributed by atoms with van der Waals surface area (Å²) >= 11 is 0. The molecular weight excluding hydrogens is 204 g/mol. The van der Waals surface area contributed by atoms with Crippen molar-refractivity contribution in [3.63, 3.8) is 0 Å². The van der Waals surface area contributed by atoms with Gasteiger partial charge in [-0.25, -0.2) is 0 Å². The lowest BCUT2D eigenvalue weighted by Crippen LogP contribution is -1.94. The Morgan fingerprint density at radius 1 is 1.07 bits per heavy atom. The standard InChI is InChI=1S/C9H10O6/c1-13-9-6(12)4(2-10)7-5(3-11)8(9)15-14-7/h10-12H,2-3H2,1H3. The van der Waals surface area contributed by atoms with Crippen molar-refractivity contribution in [1.29, 1.82) is 0 Å². The molecule has 1 aromatic rings. The molecule has 0 spiro atoms. The highest BCUT2D eigenvalue weighted by atomic mass is 17.2. The largest absolute Gasteiger partial charge is 0.504 e. The fourth-order valence-corrected chi connectivity index (χ4v) is 1.53. The predicted molar refractivity (Wildman–Crippen MR) is 47.8 cm³/mol. The first kappa shape index (κ1) is 9.88. The lowest BCUT2D eigenvalue weighted by Gasteiger charge is -2.08. The van der Waals surface area contributed by atoms with Gasteiger partial charge in [0.15, 0.2) is 11.5 Å². The number of rotatable bonds is 3. The van der Waals surface area contributed by atoms with Gasteiger partial charge in [-0.15, -0.1) is 0 Å². The Morgan fingerprint density at radius 2 is 1.67 bits per heavy atom. The van der Waals surface area contributed by atoms with E-state index < -0.39 is 6.61 Å². The van der Waals surface area contributed by atoms with E-state index in [1.54, 1.807) is 0 Å². The quantitative estimate of drug-likeness (QED) is 0.617. The number of phenols is 1. The van der Waals surface area contributed by atoms with Crippen LogP contribution in [-0.4, -0.2) is 22.4 Å². The third kappa shape index (κ3) is 1.19. The molecule has 2 rings (SSSR count). The van der Waals surface area contributed by atoms with E-state index in [1.807, 2.05) is 0 Å². The maximum Gasteiger partial charge on any atom is 0.233 e. The highest BCUT2D eigenvalue weighted by molar-refractivity contribution is 5.67. The summed E-state index contributed by atoms with van der Waals surface area (Å²) in [6, 6.07) is 0. The zero-order valence-electron chi connectivity index (χ0n) is 7.98. The first-order valence-corrected chi connectivity index (χ1v) is 4.25. The summed E-state index contributed by atoms with van der Waals surface area (Å²) < 4.78 is 4.91. The monoisotopic (exact) mass is 214 g/mol. The third-order valence-corrected chi connectivity index (χ3v) is 2.26. The lowest BCUT2D eigenvalue weighted by atomic mass is 10.1. The van der Waals surface area contributed by atoms with Gasteiger partial charge in [-0.05, 0) is 0 Å². The Balaban J connectivity index is 2.72. The molecule has 2 bridgehead atoms. The van der Waals surface area contributed by atoms with Crippen molar-refractivity contribution in [3.05, 3.63) is 11.1 Å². The Labute approximate surface area is 85.2 Å². The molecule has 0 aromatic heterocycles. The number of aliphatic hydroxyl groups excluding tert-OH is 2. The number of hydrogen-bond acceptors (Lipinski definition) is 6. The van der Waals surface area contributed by atoms with Crippen LogP contribution in [0, 0.1) is 0 Å². The van der Waals surface area contributed by atoms with Crippen LogP contribution >= 0.6 is 0 Å². The molecule has 0 saturated heterocycles. The van der Waals surface area contributed by atoms with E-state index >= 15 is 0 Å². The number of hydrogen-bond donors (Lipinski definition) is 3. The number of aliphatic hydroxyl groups is 2. The van der Waals surface area contributed by atoms with Crippen molar-refractivity contribution < 1.29 is 29.8 Å². The van der Waals surface area contributed by atoms with Crippen LogP contribution in [0.25, 0.3) is 0 Å². The minimum Gasteiger partial charge on any atom is -0.504 e. The highest BCUT2D eigenvalue weighted by Gasteiger charge is 2.33. The number of methoxy groups -OCH3 is 1. The predicted octanol–water partition coefficient (Wildman–Crippen LogP) is 0.0716. The molecule has 1 aliphatic rings. The molecule has 0 aliphatic carbocycles. The first-order valence-electron chi connectivity index (χ1n) is 4.25. The van der Waals surface area contributed by atoms with E-state index in [0.717, 1.165) is 0 Å². The molecule has 1 aromatic carbocycles. The van der Waals surface area contributed by atoms with E-state index in [0.29, 0.717) is 5.56 Å². The molecule has 3 N–H and O–H groups in total. The minimum absolute atomic E-state index is 0.0457. The molecule has 1 heterocycles. The van der Waals surface area contributed by atoms with Gasteiger partial charge >= 0.3 is 0 Å². The topological polar surface area (TPSA) is 88.4 Å². The van der Waals surface area contributed by atoms with Gasteiger partial charge in [0.05, 0.1) is 31.5 Å². The fourth-order valence-electron chi connectivity index (χ4n) is 1.53. The van der Waals surface area contributed by atoms with Crippen LogP contribution in [0.15, 0.2) is 0 Å². The van der Waals surface area contributed by atoms with Gasteiger partial charge in [0.2, 0.25) is 11.5 Å². The van der Waals surface area contributed by atoms with Gasteiger partial charge in [-0.1, -0.05) is 0 Å². The maximum absolute atomic E-state index is 9.68. The van der Waals surface area contributed by atoms with E-state index in [2.05, 4.69) is 0 Å². The van der Waals surface area contributed by atoms with E-state index in [1.165, 1.54) is 7.11 Å². The van der Waals surface area contributed by atoms with Crippen molar-refractivity contribution >= 4 is 0 Å². The molecule has 0 unspecified atom stereocenters. The maximum atomic E-state index is 9.68. The van der Waals surface area contributed by atoms with Crippen LogP contribution in [-0.2, 0) is 13.2 Å². The van der Waals surface area contributed by atoms with Crippen LogP contribution in [0.2, 0.25) is 0 Å². The average Bonchev–Trinajstić information content (AvgIpc) is 2.58. The second kappa shape index (κ2) is 3.48. The Kier molecular flexibility index (Phi) is 2.29. The molecule has 0 atom stereocenters. The number of fused-ring (bicyclic) bond motifs is 2. The van der Waals surface area contributed by atoms with Crippen LogP contribution in [0.3, 0.4) is 0 Å². The van der Waals surface area contributed by atoms with Crippen LogP contribution in [0.1, 0.15) is 11.1 Å². The molecule has 0 radical (unpaired) electrons. The molecule has 0 amide bonds. The van der Waals surface area contributed by atoms with E-state index in [-0.39, 0.29) is 35.2 Å². The second-order valence-electron chi connectivity index (χ2n) is 2.98. The normalized spacial score (nSPS) is 12.2. The summed E-state index contributed by atoms with van der Waals surface area (Å²) in [6.07, 6.45) is 0. The van der Waals surface area contributed by atoms with Gasteiger partial charge in [-0.2, -0.15) is 0 Å². The Bertz CT molecular complexity index is 367. The Hall–Kier alpha value is -1.66. The summed E-state index contributed by atoms with van der Waals surface area (Å²) in [7, 11) is 1.34. The third-order valence-electron chi connectivity index (χ3n) is 2.26. The summed E-state index contributed by atoms with van der Waals surface area (Å²) in [5, 5.41) is 27.8. The molecule has 82 valence electrons. The smallest absolute Gasteiger partial charge is 0.233 e. The average molecular weight is 214 g/mol. The van der Waals surface area contributed by atoms with Gasteiger partial charge in [0.25, 0.3) is 0 Å². The molecule has 6 heteroatoms. The number of ether oxygens (including phenoxy) is 1. The number of benzene rings is 1. The SMILES string of the molecule is COc1c(O)c(CO)c2c(CO)c1OO2. The van der Waals surface area contributed by atoms with E-state index in [4.69, 9.17) is 24.7 Å². The molecule has 6 nitrogen and oxygen atoms in total. The van der Waals surface area contributed by atoms with Crippen LogP contribution < -0.4 is 14.5 Å². The second-order valence-corrected chi connectivity index (χ2v) is 2.98. The van der Waals surface area contributed by atoms with Crippen molar-refractivity contribution in [2.45, 2.75) is 13.2 Å². The van der Waals surface area contributed by atoms with Crippen LogP contribution in [0.4, 0.5) is 0 Å². The zero-order valence-corrected chi connectivity index (χ0v) is 7.98. The molecule has 0 fully saturated rings. The van der Waals surface area contributed by atoms with Crippen molar-refractivity contribution in [2.75, 3.05) is 7.11 Å². The summed E-state index contributed by atoms with van der Waals surface area (Å²) in [4.78, 5) is 9.58. The number of aromatic hydroxyl groups is 1. The molecule has 0 saturated carbocycles. The first-order chi connectivity index (χ1) is 7.24. The van der Waals surface area contributed by atoms with Crippen LogP contribution in [0.5, 0.6) is 23.0 Å². The summed E-state index contributed by atoms with van der Waals surface area (Å²) in [5.74, 6) is 0.0991. The molecular formula is C9H10O6. The molecule has 15 heavy (non-hydrogen) atoms. The van der Waals surface area contributed by atoms with Crippen molar-refractivity contribution in [2.24, 2.45) is 0 Å². The van der Waals surface area contributed by atoms with Gasteiger partial charge in [0.1, 0.15) is 0 Å². The summed E-state index contributed by atoms with van der Waals surface area (Å²) in [5.41, 5.74) is 0.492.